The van der Waals surface area contributed by atoms with Crippen LogP contribution in [0.25, 0.3) is 5.69 Å². The Kier molecular flexibility index (Phi) is 4.29. The molecule has 6 nitrogen and oxygen atoms in total. The monoisotopic (exact) mass is 374 g/mol. The summed E-state index contributed by atoms with van der Waals surface area (Å²) in [7, 11) is 0. The molecule has 0 atom stereocenters. The molecule has 23 heavy (non-hydrogen) atoms. The first kappa shape index (κ1) is 15.5. The van der Waals surface area contributed by atoms with Crippen molar-refractivity contribution in [1.29, 1.82) is 0 Å². The van der Waals surface area contributed by atoms with Crippen molar-refractivity contribution in [3.05, 3.63) is 68.0 Å². The molecule has 118 valence electrons. The number of rotatable bonds is 4. The molecule has 1 aromatic heterocycles. The normalized spacial score (nSPS) is 10.7. The number of tetrazole rings is 1. The van der Waals surface area contributed by atoms with Crippen LogP contribution in [0.3, 0.4) is 0 Å². The van der Waals surface area contributed by atoms with Crippen molar-refractivity contribution >= 4 is 15.9 Å². The topological polar surface area (TPSA) is 72.8 Å². The van der Waals surface area contributed by atoms with Crippen LogP contribution in [0.4, 0.5) is 0 Å². The predicted molar refractivity (Wildman–Crippen MR) is 89.9 cm³/mol. The minimum Gasteiger partial charge on any atom is -0.489 e. The van der Waals surface area contributed by atoms with Crippen LogP contribution in [0.5, 0.6) is 5.75 Å². The third kappa shape index (κ3) is 3.19. The summed E-state index contributed by atoms with van der Waals surface area (Å²) in [6.45, 7) is 4.35. The highest BCUT2D eigenvalue weighted by atomic mass is 79.9. The molecule has 0 fully saturated rings. The number of aryl methyl sites for hydroxylation is 2. The minimum atomic E-state index is -0.393. The van der Waals surface area contributed by atoms with Gasteiger partial charge in [-0.15, -0.1) is 0 Å². The van der Waals surface area contributed by atoms with E-state index >= 15 is 0 Å². The van der Waals surface area contributed by atoms with Gasteiger partial charge in [-0.05, 0) is 48.0 Å². The van der Waals surface area contributed by atoms with Gasteiger partial charge in [-0.2, -0.15) is 4.68 Å². The highest BCUT2D eigenvalue weighted by molar-refractivity contribution is 9.10. The molecule has 0 amide bonds. The SMILES string of the molecule is Cc1ccc(OCc2c(Br)cccc2-n2nn[nH]c2=O)c(C)c1. The lowest BCUT2D eigenvalue weighted by molar-refractivity contribution is 0.302. The lowest BCUT2D eigenvalue weighted by Crippen LogP contribution is -2.18. The lowest BCUT2D eigenvalue weighted by Gasteiger charge is -2.13. The van der Waals surface area contributed by atoms with Crippen LogP contribution in [0.2, 0.25) is 0 Å². The summed E-state index contributed by atoms with van der Waals surface area (Å²) in [5.41, 5.74) is 3.31. The fourth-order valence-corrected chi connectivity index (χ4v) is 2.83. The van der Waals surface area contributed by atoms with Crippen molar-refractivity contribution in [3.8, 4) is 11.4 Å². The molecule has 3 aromatic rings. The van der Waals surface area contributed by atoms with Gasteiger partial charge in [0, 0.05) is 10.0 Å². The minimum absolute atomic E-state index is 0.306. The standard InChI is InChI=1S/C16H15BrN4O2/c1-10-6-7-15(11(2)8-10)23-9-12-13(17)4-3-5-14(12)21-16(22)18-19-20-21/h3-8H,9H2,1-2H3,(H,18,20,22). The molecule has 7 heteroatoms. The zero-order valence-corrected chi connectivity index (χ0v) is 14.3. The maximum atomic E-state index is 11.8. The molecule has 0 saturated heterocycles. The number of hydrogen-bond acceptors (Lipinski definition) is 4. The molecule has 0 radical (unpaired) electrons. The lowest BCUT2D eigenvalue weighted by atomic mass is 10.1. The van der Waals surface area contributed by atoms with Gasteiger partial charge in [0.25, 0.3) is 0 Å². The second-order valence-electron chi connectivity index (χ2n) is 5.21. The number of H-pyrrole nitrogens is 1. The molecule has 1 heterocycles. The molecule has 0 saturated carbocycles. The largest absolute Gasteiger partial charge is 0.489 e. The first-order valence-corrected chi connectivity index (χ1v) is 7.84. The van der Waals surface area contributed by atoms with E-state index < -0.39 is 5.69 Å². The first-order valence-electron chi connectivity index (χ1n) is 7.04. The van der Waals surface area contributed by atoms with Crippen LogP contribution in [0.15, 0.2) is 45.7 Å². The highest BCUT2D eigenvalue weighted by Gasteiger charge is 2.13. The van der Waals surface area contributed by atoms with Crippen LogP contribution in [0, 0.1) is 13.8 Å². The summed E-state index contributed by atoms with van der Waals surface area (Å²) in [6, 6.07) is 11.6. The van der Waals surface area contributed by atoms with Gasteiger partial charge in [0.15, 0.2) is 0 Å². The number of aromatic nitrogens is 4. The van der Waals surface area contributed by atoms with Crippen LogP contribution >= 0.6 is 15.9 Å². The van der Waals surface area contributed by atoms with Gasteiger partial charge in [0.1, 0.15) is 12.4 Å². The third-order valence-corrected chi connectivity index (χ3v) is 4.24. The Balaban J connectivity index is 1.94. The predicted octanol–water partition coefficient (Wildman–Crippen LogP) is 2.91. The number of ether oxygens (including phenoxy) is 1. The molecule has 0 aliphatic heterocycles. The van der Waals surface area contributed by atoms with Gasteiger partial charge in [-0.1, -0.05) is 39.7 Å². The molecular weight excluding hydrogens is 360 g/mol. The van der Waals surface area contributed by atoms with E-state index in [2.05, 4.69) is 37.5 Å². The molecule has 0 bridgehead atoms. The second-order valence-corrected chi connectivity index (χ2v) is 6.07. The molecule has 3 rings (SSSR count). The van der Waals surface area contributed by atoms with Gasteiger partial charge >= 0.3 is 5.69 Å². The van der Waals surface area contributed by atoms with Crippen LogP contribution in [-0.4, -0.2) is 20.2 Å². The van der Waals surface area contributed by atoms with Crippen molar-refractivity contribution in [2.45, 2.75) is 20.5 Å². The summed E-state index contributed by atoms with van der Waals surface area (Å²) in [4.78, 5) is 11.8. The molecule has 0 aliphatic carbocycles. The van der Waals surface area contributed by atoms with Crippen LogP contribution in [-0.2, 0) is 6.61 Å². The van der Waals surface area contributed by atoms with Crippen molar-refractivity contribution in [1.82, 2.24) is 20.2 Å². The Hall–Kier alpha value is -2.41. The molecule has 0 unspecified atom stereocenters. The average Bonchev–Trinajstić information content (AvgIpc) is 2.93. The summed E-state index contributed by atoms with van der Waals surface area (Å²) in [5.74, 6) is 0.810. The average molecular weight is 375 g/mol. The number of hydrogen-bond donors (Lipinski definition) is 1. The highest BCUT2D eigenvalue weighted by Crippen LogP contribution is 2.26. The second kappa shape index (κ2) is 6.37. The third-order valence-electron chi connectivity index (χ3n) is 3.50. The molecular formula is C16H15BrN4O2. The maximum absolute atomic E-state index is 11.8. The number of benzene rings is 2. The molecule has 2 aromatic carbocycles. The number of aromatic amines is 1. The van der Waals surface area contributed by atoms with E-state index in [9.17, 15) is 4.79 Å². The van der Waals surface area contributed by atoms with E-state index in [1.807, 2.05) is 38.1 Å². The Morgan fingerprint density at radius 1 is 1.26 bits per heavy atom. The first-order chi connectivity index (χ1) is 11.1. The molecule has 0 aliphatic rings. The van der Waals surface area contributed by atoms with Crippen molar-refractivity contribution < 1.29 is 4.74 Å². The van der Waals surface area contributed by atoms with Gasteiger partial charge in [-0.3, -0.25) is 0 Å². The maximum Gasteiger partial charge on any atom is 0.365 e. The van der Waals surface area contributed by atoms with E-state index in [-0.39, 0.29) is 0 Å². The van der Waals surface area contributed by atoms with Gasteiger partial charge in [0.05, 0.1) is 5.69 Å². The quantitative estimate of drug-likeness (QED) is 0.761. The summed E-state index contributed by atoms with van der Waals surface area (Å²) in [5, 5.41) is 9.62. The fourth-order valence-electron chi connectivity index (χ4n) is 2.36. The van der Waals surface area contributed by atoms with Gasteiger partial charge in [-0.25, -0.2) is 9.89 Å². The molecule has 1 N–H and O–H groups in total. The summed E-state index contributed by atoms with van der Waals surface area (Å²) in [6.07, 6.45) is 0. The Labute approximate surface area is 141 Å². The van der Waals surface area contributed by atoms with E-state index in [4.69, 9.17) is 4.74 Å². The van der Waals surface area contributed by atoms with E-state index in [0.29, 0.717) is 12.3 Å². The fraction of sp³-hybridized carbons (Fsp3) is 0.188. The summed E-state index contributed by atoms with van der Waals surface area (Å²) >= 11 is 3.51. The van der Waals surface area contributed by atoms with E-state index in [0.717, 1.165) is 21.3 Å². The van der Waals surface area contributed by atoms with Gasteiger partial charge < -0.3 is 4.74 Å². The number of halogens is 1. The smallest absolute Gasteiger partial charge is 0.365 e. The van der Waals surface area contributed by atoms with E-state index in [1.165, 1.54) is 10.2 Å². The Bertz CT molecular complexity index is 901. The van der Waals surface area contributed by atoms with Crippen LogP contribution in [0.1, 0.15) is 16.7 Å². The zero-order chi connectivity index (χ0) is 16.4. The van der Waals surface area contributed by atoms with Crippen molar-refractivity contribution in [2.75, 3.05) is 0 Å². The van der Waals surface area contributed by atoms with Crippen molar-refractivity contribution in [2.24, 2.45) is 0 Å². The Morgan fingerprint density at radius 3 is 2.78 bits per heavy atom. The zero-order valence-electron chi connectivity index (χ0n) is 12.7. The molecule has 0 spiro atoms. The Morgan fingerprint density at radius 2 is 2.09 bits per heavy atom. The number of nitrogens with zero attached hydrogens (tertiary/aromatic N) is 3. The van der Waals surface area contributed by atoms with Crippen LogP contribution < -0.4 is 10.4 Å². The number of nitrogens with one attached hydrogen (secondary N) is 1. The van der Waals surface area contributed by atoms with E-state index in [1.54, 1.807) is 6.07 Å². The van der Waals surface area contributed by atoms with Gasteiger partial charge in [0.2, 0.25) is 0 Å². The van der Waals surface area contributed by atoms with Crippen molar-refractivity contribution in [3.63, 3.8) is 0 Å². The summed E-state index contributed by atoms with van der Waals surface area (Å²) < 4.78 is 7.99.